The molecule has 12 atom stereocenters. The molecule has 0 radical (unpaired) electrons. The van der Waals surface area contributed by atoms with Crippen molar-refractivity contribution in [3.8, 4) is 0 Å². The molecule has 0 aromatic rings. The third-order valence-electron chi connectivity index (χ3n) is 22.2. The lowest BCUT2D eigenvalue weighted by Gasteiger charge is -2.63. The van der Waals surface area contributed by atoms with Crippen molar-refractivity contribution in [1.29, 1.82) is 0 Å². The van der Waals surface area contributed by atoms with E-state index in [9.17, 15) is 24.6 Å². The summed E-state index contributed by atoms with van der Waals surface area (Å²) in [5.74, 6) is -0.891. The summed E-state index contributed by atoms with van der Waals surface area (Å²) in [6.07, 6.45) is 9.50. The van der Waals surface area contributed by atoms with Crippen molar-refractivity contribution in [3.63, 3.8) is 0 Å². The molecule has 0 aromatic heterocycles. The van der Waals surface area contributed by atoms with Crippen LogP contribution in [0.2, 0.25) is 0 Å². The molecule has 12 rings (SSSR count). The maximum Gasteiger partial charge on any atom is 0.318 e. The van der Waals surface area contributed by atoms with Gasteiger partial charge in [0.1, 0.15) is 11.2 Å². The molecule has 12 aliphatic rings. The third kappa shape index (κ3) is 9.26. The SMILES string of the molecule is C.C.C.C.C.C.C.C.CC1C(=O)OC(=O)C1C(C)(C)C(C)(CC(C)(C)C(C)(CC(C)(C)C1C(C)C2CC1C1COC(=O)C21)C(=O)OC1(C)C2CC3CC(C2)CC1C3)C(=O)OC12CC3CC(O)(CC(O)(C3)C1)C2. The van der Waals surface area contributed by atoms with E-state index in [1.807, 2.05) is 20.8 Å². The Balaban J connectivity index is 0.00000222. The number of ether oxygens (including phenoxy) is 4. The van der Waals surface area contributed by atoms with Crippen LogP contribution >= 0.6 is 0 Å². The van der Waals surface area contributed by atoms with Crippen molar-refractivity contribution in [3.05, 3.63) is 0 Å². The molecular formula is C61H110O11. The number of rotatable bonds is 12. The lowest BCUT2D eigenvalue weighted by Crippen LogP contribution is -2.67. The summed E-state index contributed by atoms with van der Waals surface area (Å²) in [5, 5.41) is 23.5. The van der Waals surface area contributed by atoms with E-state index < -0.39 is 79.2 Å². The van der Waals surface area contributed by atoms with Gasteiger partial charge in [-0.05, 0) is 161 Å². The molecule has 72 heavy (non-hydrogen) atoms. The van der Waals surface area contributed by atoms with Gasteiger partial charge in [-0.25, -0.2) is 0 Å². The molecule has 2 N–H and O–H groups in total. The number of aliphatic hydroxyl groups is 2. The fourth-order valence-corrected chi connectivity index (χ4v) is 19.4. The van der Waals surface area contributed by atoms with E-state index >= 15 is 9.59 Å². The van der Waals surface area contributed by atoms with Crippen LogP contribution in [-0.4, -0.2) is 69.1 Å². The zero-order valence-electron chi connectivity index (χ0n) is 40.7. The van der Waals surface area contributed by atoms with Crippen LogP contribution in [0.4, 0.5) is 0 Å². The summed E-state index contributed by atoms with van der Waals surface area (Å²) < 4.78 is 25.0. The van der Waals surface area contributed by atoms with Crippen LogP contribution in [0.1, 0.15) is 225 Å². The standard InChI is InChI=1S/C53H78O11.8CH4/c1-27-34-17-35(36-21-61-41(55)37(34)36)38(27)45(3,4)22-48(9,43(57)63-50(11)32-13-29-12-30(15-32)16-33(50)14-29)46(5,6)23-49(10,47(7,8)39-28(2)40(54)62-42(39)56)44(58)64-53-20-31-18-51(59,25-53)24-52(60,19-31)26-53;;;;;;;;/h27-39,59-60H,12-26H2,1-11H3;8*1H4. The van der Waals surface area contributed by atoms with Crippen molar-refractivity contribution in [2.45, 2.75) is 248 Å². The van der Waals surface area contributed by atoms with Crippen LogP contribution in [0.3, 0.4) is 0 Å². The molecule has 0 amide bonds. The van der Waals surface area contributed by atoms with Crippen LogP contribution in [0.15, 0.2) is 0 Å². The van der Waals surface area contributed by atoms with Gasteiger partial charge in [-0.2, -0.15) is 0 Å². The van der Waals surface area contributed by atoms with Gasteiger partial charge in [-0.3, -0.25) is 24.0 Å². The zero-order valence-corrected chi connectivity index (χ0v) is 40.7. The fraction of sp³-hybridized carbons (Fsp3) is 0.918. The second-order valence-electron chi connectivity index (χ2n) is 27.3. The topological polar surface area (TPSA) is 163 Å². The first-order valence-corrected chi connectivity index (χ1v) is 25.3. The Bertz CT molecular complexity index is 1990. The van der Waals surface area contributed by atoms with Crippen molar-refractivity contribution < 1.29 is 53.1 Å². The molecule has 12 unspecified atom stereocenters. The zero-order chi connectivity index (χ0) is 46.3. The number of hydrogen-bond acceptors (Lipinski definition) is 11. The van der Waals surface area contributed by atoms with Crippen LogP contribution in [0, 0.1) is 104 Å². The highest BCUT2D eigenvalue weighted by atomic mass is 16.6. The highest BCUT2D eigenvalue weighted by Crippen LogP contribution is 2.69. The predicted molar refractivity (Wildman–Crippen MR) is 288 cm³/mol. The molecule has 2 heterocycles. The van der Waals surface area contributed by atoms with Crippen molar-refractivity contribution in [2.24, 2.45) is 104 Å². The average molecular weight is 1020 g/mol. The minimum atomic E-state index is -1.49. The number of esters is 5. The highest BCUT2D eigenvalue weighted by molar-refractivity contribution is 5.97. The van der Waals surface area contributed by atoms with E-state index in [2.05, 4.69) is 48.5 Å². The Kier molecular flexibility index (Phi) is 18.3. The summed E-state index contributed by atoms with van der Waals surface area (Å²) in [6, 6.07) is 0. The number of carbonyl (C=O) groups is 5. The number of hydrogen-bond donors (Lipinski definition) is 2. The van der Waals surface area contributed by atoms with Crippen molar-refractivity contribution in [1.82, 2.24) is 0 Å². The summed E-state index contributed by atoms with van der Waals surface area (Å²) in [5.41, 5.74) is -9.26. The normalized spacial score (nSPS) is 42.8. The Morgan fingerprint density at radius 2 is 1.12 bits per heavy atom. The van der Waals surface area contributed by atoms with Gasteiger partial charge < -0.3 is 29.2 Å². The summed E-state index contributed by atoms with van der Waals surface area (Å²) >= 11 is 0. The molecule has 2 saturated heterocycles. The molecule has 10 aliphatic carbocycles. The van der Waals surface area contributed by atoms with Crippen LogP contribution < -0.4 is 0 Å². The molecule has 11 nitrogen and oxygen atoms in total. The number of fused-ring (bicyclic) bond motifs is 5. The van der Waals surface area contributed by atoms with Crippen LogP contribution in [-0.2, 0) is 42.9 Å². The molecule has 0 aromatic carbocycles. The first-order valence-electron chi connectivity index (χ1n) is 25.3. The Hall–Kier alpha value is -2.53. The van der Waals surface area contributed by atoms with Gasteiger partial charge in [-0.1, -0.05) is 115 Å². The number of cyclic esters (lactones) is 3. The largest absolute Gasteiger partial charge is 0.465 e. The van der Waals surface area contributed by atoms with Gasteiger partial charge in [0.05, 0.1) is 46.4 Å². The Morgan fingerprint density at radius 3 is 1.61 bits per heavy atom. The minimum Gasteiger partial charge on any atom is -0.465 e. The molecule has 0 spiro atoms. The van der Waals surface area contributed by atoms with E-state index in [1.54, 1.807) is 6.92 Å². The van der Waals surface area contributed by atoms with Gasteiger partial charge >= 0.3 is 29.8 Å². The van der Waals surface area contributed by atoms with E-state index in [4.69, 9.17) is 18.9 Å². The average Bonchev–Trinajstić information content (AvgIpc) is 3.88. The molecule has 10 saturated carbocycles. The molecule has 10 bridgehead atoms. The first kappa shape index (κ1) is 65.6. The molecule has 12 fully saturated rings. The molecule has 2 aliphatic heterocycles. The molecule has 11 heteroatoms. The minimum absolute atomic E-state index is 0. The monoisotopic (exact) mass is 1020 g/mol. The van der Waals surface area contributed by atoms with Gasteiger partial charge in [-0.15, -0.1) is 0 Å². The van der Waals surface area contributed by atoms with Crippen LogP contribution in [0.5, 0.6) is 0 Å². The van der Waals surface area contributed by atoms with Gasteiger partial charge in [0, 0.05) is 25.2 Å². The third-order valence-corrected chi connectivity index (χ3v) is 22.2. The summed E-state index contributed by atoms with van der Waals surface area (Å²) in [6.45, 7) is 22.9. The quantitative estimate of drug-likeness (QED) is 0.109. The Labute approximate surface area is 439 Å². The smallest absolute Gasteiger partial charge is 0.318 e. The maximum absolute atomic E-state index is 16.0. The lowest BCUT2D eigenvalue weighted by molar-refractivity contribution is -0.268. The van der Waals surface area contributed by atoms with Gasteiger partial charge in [0.2, 0.25) is 0 Å². The van der Waals surface area contributed by atoms with E-state index in [0.29, 0.717) is 56.0 Å². The van der Waals surface area contributed by atoms with E-state index in [0.717, 1.165) is 32.1 Å². The maximum atomic E-state index is 16.0. The van der Waals surface area contributed by atoms with Gasteiger partial charge in [0.25, 0.3) is 0 Å². The highest BCUT2D eigenvalue weighted by Gasteiger charge is 2.70. The summed E-state index contributed by atoms with van der Waals surface area (Å²) in [7, 11) is 0. The number of carbonyl (C=O) groups excluding carboxylic acids is 5. The predicted octanol–water partition coefficient (Wildman–Crippen LogP) is 13.5. The first-order chi connectivity index (χ1) is 29.5. The fourth-order valence-electron chi connectivity index (χ4n) is 19.4. The van der Waals surface area contributed by atoms with Crippen molar-refractivity contribution >= 4 is 29.8 Å². The lowest BCUT2D eigenvalue weighted by atomic mass is 9.47. The molecular weight excluding hydrogens is 909 g/mol. The van der Waals surface area contributed by atoms with E-state index in [-0.39, 0.29) is 138 Å². The second kappa shape index (κ2) is 20.1. The Morgan fingerprint density at radius 1 is 0.611 bits per heavy atom. The van der Waals surface area contributed by atoms with E-state index in [1.165, 1.54) is 6.42 Å². The van der Waals surface area contributed by atoms with Gasteiger partial charge in [0.15, 0.2) is 0 Å². The van der Waals surface area contributed by atoms with Crippen LogP contribution in [0.25, 0.3) is 0 Å². The second-order valence-corrected chi connectivity index (χ2v) is 27.3. The van der Waals surface area contributed by atoms with Crippen molar-refractivity contribution in [2.75, 3.05) is 6.61 Å². The summed E-state index contributed by atoms with van der Waals surface area (Å²) in [4.78, 5) is 71.6. The molecule has 420 valence electrons.